The number of carbonyl (C=O) groups excluding carboxylic acids is 7. The second-order valence-electron chi connectivity index (χ2n) is 14.6. The molecule has 4 rings (SSSR count). The van der Waals surface area contributed by atoms with E-state index < -0.39 is 89.8 Å². The number of benzene rings is 1. The summed E-state index contributed by atoms with van der Waals surface area (Å²) in [5.41, 5.74) is -3.61. The molecule has 1 aromatic rings. The fourth-order valence-corrected chi connectivity index (χ4v) is 8.11. The van der Waals surface area contributed by atoms with Crippen molar-refractivity contribution in [1.82, 2.24) is 20.9 Å². The van der Waals surface area contributed by atoms with Gasteiger partial charge in [0.2, 0.25) is 5.91 Å². The topological polar surface area (TPSA) is 223 Å². The van der Waals surface area contributed by atoms with Gasteiger partial charge < -0.3 is 49.1 Å². The van der Waals surface area contributed by atoms with Crippen molar-refractivity contribution in [1.29, 1.82) is 0 Å². The van der Waals surface area contributed by atoms with Crippen LogP contribution in [0.25, 0.3) is 0 Å². The van der Waals surface area contributed by atoms with E-state index >= 15 is 0 Å². The van der Waals surface area contributed by atoms with Crippen LogP contribution in [0.1, 0.15) is 75.4 Å². The number of amides is 2. The van der Waals surface area contributed by atoms with Crippen molar-refractivity contribution in [3.05, 3.63) is 28.8 Å². The molecule has 18 nitrogen and oxygen atoms in total. The van der Waals surface area contributed by atoms with Crippen LogP contribution in [-0.2, 0) is 57.2 Å². The maximum absolute atomic E-state index is 14.1. The van der Waals surface area contributed by atoms with E-state index in [-0.39, 0.29) is 30.7 Å². The van der Waals surface area contributed by atoms with Gasteiger partial charge in [-0.2, -0.15) is 0 Å². The summed E-state index contributed by atoms with van der Waals surface area (Å²) in [5, 5.41) is 9.03. The maximum atomic E-state index is 14.1. The SMILES string of the molecule is COC(=O)C1CC(OC(C)=O)C(NC(C)=O)C(CCN2CCOC[C@@]23CCNC3)(C(CNC(=O)c2cc(C)c(OC(C)=O)c(C)c2)(COC(C)=O)OC(C)=O)O1. The Morgan fingerprint density at radius 2 is 1.68 bits per heavy atom. The summed E-state index contributed by atoms with van der Waals surface area (Å²) >= 11 is 0. The van der Waals surface area contributed by atoms with Gasteiger partial charge in [0.15, 0.2) is 11.7 Å². The lowest BCUT2D eigenvalue weighted by atomic mass is 9.69. The van der Waals surface area contributed by atoms with Gasteiger partial charge in [-0.05, 0) is 56.5 Å². The Hall–Kier alpha value is -4.65. The second kappa shape index (κ2) is 18.5. The zero-order chi connectivity index (χ0) is 41.4. The van der Waals surface area contributed by atoms with Gasteiger partial charge in [0, 0.05) is 66.2 Å². The first kappa shape index (κ1) is 44.1. The van der Waals surface area contributed by atoms with Crippen molar-refractivity contribution >= 4 is 41.7 Å². The summed E-state index contributed by atoms with van der Waals surface area (Å²) in [6.07, 6.45) is -2.39. The molecule has 2 amide bonds. The second-order valence-corrected chi connectivity index (χ2v) is 14.6. The lowest BCUT2D eigenvalue weighted by Gasteiger charge is -2.57. The van der Waals surface area contributed by atoms with Crippen LogP contribution in [0, 0.1) is 13.8 Å². The number of ether oxygens (including phenoxy) is 7. The van der Waals surface area contributed by atoms with E-state index in [2.05, 4.69) is 20.9 Å². The van der Waals surface area contributed by atoms with Gasteiger partial charge in [0.05, 0.1) is 38.4 Å². The minimum Gasteiger partial charge on any atom is -0.467 e. The molecule has 0 saturated carbocycles. The molecule has 0 aromatic heterocycles. The van der Waals surface area contributed by atoms with Gasteiger partial charge in [-0.1, -0.05) is 0 Å². The third kappa shape index (κ3) is 10.0. The lowest BCUT2D eigenvalue weighted by molar-refractivity contribution is -0.280. The van der Waals surface area contributed by atoms with Crippen LogP contribution in [-0.4, -0.2) is 141 Å². The minimum absolute atomic E-state index is 0.134. The van der Waals surface area contributed by atoms with Crippen LogP contribution in [0.4, 0.5) is 0 Å². The fraction of sp³-hybridized carbons (Fsp3) is 0.658. The van der Waals surface area contributed by atoms with Gasteiger partial charge in [-0.3, -0.25) is 33.7 Å². The summed E-state index contributed by atoms with van der Waals surface area (Å²) in [6.45, 7) is 10.7. The molecule has 6 atom stereocenters. The van der Waals surface area contributed by atoms with Gasteiger partial charge in [0.25, 0.3) is 5.91 Å². The molecule has 3 N–H and O–H groups in total. The average Bonchev–Trinajstić information content (AvgIpc) is 3.58. The van der Waals surface area contributed by atoms with Crippen LogP contribution in [0.15, 0.2) is 12.1 Å². The highest BCUT2D eigenvalue weighted by Gasteiger charge is 2.67. The molecular weight excluding hydrogens is 736 g/mol. The van der Waals surface area contributed by atoms with E-state index in [0.29, 0.717) is 37.4 Å². The van der Waals surface area contributed by atoms with Crippen molar-refractivity contribution in [2.45, 2.75) is 103 Å². The number of hydrogen-bond donors (Lipinski definition) is 3. The Kier molecular flexibility index (Phi) is 14.6. The number of hydrogen-bond acceptors (Lipinski definition) is 16. The van der Waals surface area contributed by atoms with Gasteiger partial charge >= 0.3 is 29.8 Å². The highest BCUT2D eigenvalue weighted by molar-refractivity contribution is 5.95. The van der Waals surface area contributed by atoms with Crippen molar-refractivity contribution in [3.63, 3.8) is 0 Å². The summed E-state index contributed by atoms with van der Waals surface area (Å²) in [6, 6.07) is 1.65. The number of rotatable bonds is 14. The summed E-state index contributed by atoms with van der Waals surface area (Å²) in [7, 11) is 1.15. The van der Waals surface area contributed by atoms with Crippen LogP contribution in [0.3, 0.4) is 0 Å². The summed E-state index contributed by atoms with van der Waals surface area (Å²) in [4.78, 5) is 93.1. The number of morpholine rings is 1. The average molecular weight is 791 g/mol. The van der Waals surface area contributed by atoms with E-state index in [1.165, 1.54) is 26.0 Å². The molecule has 3 heterocycles. The molecule has 56 heavy (non-hydrogen) atoms. The maximum Gasteiger partial charge on any atom is 0.335 e. The molecule has 1 spiro atoms. The predicted molar refractivity (Wildman–Crippen MR) is 195 cm³/mol. The molecular formula is C38H54N4O14. The molecule has 3 saturated heterocycles. The van der Waals surface area contributed by atoms with Crippen molar-refractivity contribution in [2.24, 2.45) is 0 Å². The molecule has 1 aromatic carbocycles. The first-order valence-electron chi connectivity index (χ1n) is 18.5. The first-order chi connectivity index (χ1) is 26.4. The quantitative estimate of drug-likeness (QED) is 0.132. The zero-order valence-corrected chi connectivity index (χ0v) is 33.3. The van der Waals surface area contributed by atoms with Gasteiger partial charge in [-0.15, -0.1) is 0 Å². The van der Waals surface area contributed by atoms with Gasteiger partial charge in [-0.25, -0.2) is 4.79 Å². The smallest absolute Gasteiger partial charge is 0.335 e. The number of nitrogens with one attached hydrogen (secondary N) is 3. The zero-order valence-electron chi connectivity index (χ0n) is 33.3. The van der Waals surface area contributed by atoms with Gasteiger partial charge in [0.1, 0.15) is 24.1 Å². The van der Waals surface area contributed by atoms with E-state index in [1.807, 2.05) is 0 Å². The monoisotopic (exact) mass is 790 g/mol. The lowest BCUT2D eigenvalue weighted by Crippen LogP contribution is -2.79. The van der Waals surface area contributed by atoms with Crippen LogP contribution in [0.5, 0.6) is 5.75 Å². The Morgan fingerprint density at radius 1 is 0.982 bits per heavy atom. The molecule has 0 bridgehead atoms. The first-order valence-corrected chi connectivity index (χ1v) is 18.5. The number of aryl methyl sites for hydroxylation is 2. The Labute approximate surface area is 325 Å². The van der Waals surface area contributed by atoms with Crippen LogP contribution in [0.2, 0.25) is 0 Å². The summed E-state index contributed by atoms with van der Waals surface area (Å²) in [5.74, 6) is -4.79. The molecule has 0 radical (unpaired) electrons. The Balaban J connectivity index is 1.96. The minimum atomic E-state index is -2.21. The summed E-state index contributed by atoms with van der Waals surface area (Å²) < 4.78 is 40.7. The molecule has 3 aliphatic heterocycles. The van der Waals surface area contributed by atoms with E-state index in [1.54, 1.807) is 13.8 Å². The fourth-order valence-electron chi connectivity index (χ4n) is 8.11. The Morgan fingerprint density at radius 3 is 2.23 bits per heavy atom. The molecule has 5 unspecified atom stereocenters. The molecule has 3 aliphatic rings. The van der Waals surface area contributed by atoms with E-state index in [9.17, 15) is 33.6 Å². The number of methoxy groups -OCH3 is 1. The number of carbonyl (C=O) groups is 7. The van der Waals surface area contributed by atoms with E-state index in [0.717, 1.165) is 40.8 Å². The third-order valence-corrected chi connectivity index (χ3v) is 10.5. The highest BCUT2D eigenvalue weighted by Crippen LogP contribution is 2.45. The predicted octanol–water partition coefficient (Wildman–Crippen LogP) is 0.415. The third-order valence-electron chi connectivity index (χ3n) is 10.5. The number of esters is 5. The van der Waals surface area contributed by atoms with Crippen LogP contribution >= 0.6 is 0 Å². The molecule has 3 fully saturated rings. The molecule has 18 heteroatoms. The standard InChI is InChI=1S/C38H54N4O14/c1-22-15-29(16-23(2)32(22)54-27(6)46)34(48)40-19-37(55-28(7)47,21-52-25(4)44)38(10-12-42-13-14-51-20-36(42)9-11-39-18-36)33(41-24(3)43)30(53-26(5)45)17-31(56-38)35(49)50-8/h15-16,30-31,33,39H,9-14,17-21H2,1-8H3,(H,40,48)(H,41,43)/t30?,31?,33?,36-,37?,38?/m0/s1. The molecule has 0 aliphatic carbocycles. The van der Waals surface area contributed by atoms with Crippen molar-refractivity contribution in [2.75, 3.05) is 59.7 Å². The normalized spacial score (nSPS) is 26.0. The largest absolute Gasteiger partial charge is 0.467 e. The van der Waals surface area contributed by atoms with Crippen molar-refractivity contribution < 1.29 is 66.7 Å². The number of nitrogens with zero attached hydrogens (tertiary/aromatic N) is 1. The molecule has 310 valence electrons. The van der Waals surface area contributed by atoms with Crippen LogP contribution < -0.4 is 20.7 Å². The van der Waals surface area contributed by atoms with Crippen molar-refractivity contribution in [3.8, 4) is 5.75 Å². The van der Waals surface area contributed by atoms with E-state index in [4.69, 9.17) is 33.2 Å². The highest BCUT2D eigenvalue weighted by atomic mass is 16.6. The Bertz CT molecular complexity index is 1660.